The van der Waals surface area contributed by atoms with E-state index in [0.29, 0.717) is 11.4 Å². The second-order valence-corrected chi connectivity index (χ2v) is 6.52. The molecular formula is C10H9BrN4S2. The van der Waals surface area contributed by atoms with E-state index in [1.165, 1.54) is 17.1 Å². The number of thiophene rings is 1. The Hall–Kier alpha value is -1.10. The number of nitriles is 1. The summed E-state index contributed by atoms with van der Waals surface area (Å²) in [5.74, 6) is 0.311. The average Bonchev–Trinajstić information content (AvgIpc) is 2.84. The zero-order chi connectivity index (χ0) is 12.4. The van der Waals surface area contributed by atoms with Crippen molar-refractivity contribution in [3.63, 3.8) is 0 Å². The number of nitrogens with two attached hydrogens (primary N) is 1. The summed E-state index contributed by atoms with van der Waals surface area (Å²) in [5.41, 5.74) is 7.29. The van der Waals surface area contributed by atoms with E-state index in [9.17, 15) is 0 Å². The van der Waals surface area contributed by atoms with Crippen LogP contribution < -0.4 is 10.6 Å². The fraction of sp³-hybridized carbons (Fsp3) is 0.200. The number of aromatic nitrogens is 1. The third-order valence-corrected chi connectivity index (χ3v) is 4.73. The smallest absolute Gasteiger partial charge is 0.157 e. The average molecular weight is 329 g/mol. The van der Waals surface area contributed by atoms with Gasteiger partial charge in [-0.3, -0.25) is 0 Å². The molecule has 0 amide bonds. The molecule has 2 aromatic rings. The zero-order valence-corrected chi connectivity index (χ0v) is 12.2. The van der Waals surface area contributed by atoms with E-state index in [1.807, 2.05) is 11.9 Å². The summed E-state index contributed by atoms with van der Waals surface area (Å²) in [6, 6.07) is 4.16. The van der Waals surface area contributed by atoms with Gasteiger partial charge in [0.2, 0.25) is 0 Å². The number of anilines is 2. The molecule has 0 saturated heterocycles. The summed E-state index contributed by atoms with van der Waals surface area (Å²) >= 11 is 6.33. The molecule has 0 fully saturated rings. The lowest BCUT2D eigenvalue weighted by molar-refractivity contribution is 0.938. The van der Waals surface area contributed by atoms with Crippen molar-refractivity contribution in [2.75, 3.05) is 17.7 Å². The minimum atomic E-state index is 0.311. The largest absolute Gasteiger partial charge is 0.382 e. The molecule has 0 aromatic carbocycles. The zero-order valence-electron chi connectivity index (χ0n) is 8.98. The molecule has 0 spiro atoms. The lowest BCUT2D eigenvalue weighted by atomic mass is 10.3. The van der Waals surface area contributed by atoms with Crippen molar-refractivity contribution in [1.29, 1.82) is 5.26 Å². The molecule has 2 rings (SSSR count). The van der Waals surface area contributed by atoms with Gasteiger partial charge in [-0.05, 0) is 44.5 Å². The molecule has 17 heavy (non-hydrogen) atoms. The summed E-state index contributed by atoms with van der Waals surface area (Å²) in [7, 11) is 1.93. The Morgan fingerprint density at radius 1 is 1.65 bits per heavy atom. The van der Waals surface area contributed by atoms with Crippen LogP contribution in [0.3, 0.4) is 0 Å². The van der Waals surface area contributed by atoms with Gasteiger partial charge in [-0.25, -0.2) is 0 Å². The van der Waals surface area contributed by atoms with Gasteiger partial charge in [-0.15, -0.1) is 11.3 Å². The Balaban J connectivity index is 2.20. The van der Waals surface area contributed by atoms with E-state index in [4.69, 9.17) is 11.0 Å². The van der Waals surface area contributed by atoms with Gasteiger partial charge in [-0.1, -0.05) is 0 Å². The standard InChI is InChI=1S/C10H9BrN4S2/c1-15(4-6-2-8(11)16-5-6)10-7(3-12)9(13)14-17-10/h2,5H,4H2,1H3,(H2,13,14). The molecule has 0 aliphatic rings. The molecule has 0 radical (unpaired) electrons. The summed E-state index contributed by atoms with van der Waals surface area (Å²) in [4.78, 5) is 1.99. The highest BCUT2D eigenvalue weighted by atomic mass is 79.9. The summed E-state index contributed by atoms with van der Waals surface area (Å²) in [6.07, 6.45) is 0. The van der Waals surface area contributed by atoms with Crippen molar-refractivity contribution in [2.24, 2.45) is 0 Å². The molecule has 0 atom stereocenters. The SMILES string of the molecule is CN(Cc1csc(Br)c1)c1snc(N)c1C#N. The van der Waals surface area contributed by atoms with Crippen molar-refractivity contribution >= 4 is 49.6 Å². The van der Waals surface area contributed by atoms with Gasteiger partial charge in [0.05, 0.1) is 3.79 Å². The molecule has 2 heterocycles. The Labute approximate surface area is 116 Å². The number of nitrogen functional groups attached to an aromatic ring is 1. The van der Waals surface area contributed by atoms with Crippen LogP contribution in [-0.4, -0.2) is 11.4 Å². The topological polar surface area (TPSA) is 65.9 Å². The van der Waals surface area contributed by atoms with Crippen LogP contribution in [0, 0.1) is 11.3 Å². The number of rotatable bonds is 3. The van der Waals surface area contributed by atoms with E-state index in [2.05, 4.69) is 37.8 Å². The predicted molar refractivity (Wildman–Crippen MR) is 75.4 cm³/mol. The molecular weight excluding hydrogens is 320 g/mol. The van der Waals surface area contributed by atoms with E-state index < -0.39 is 0 Å². The van der Waals surface area contributed by atoms with Gasteiger partial charge < -0.3 is 10.6 Å². The first-order chi connectivity index (χ1) is 8.11. The molecule has 2 N–H and O–H groups in total. The normalized spacial score (nSPS) is 10.2. The first kappa shape index (κ1) is 12.4. The second kappa shape index (κ2) is 5.04. The molecule has 0 saturated carbocycles. The van der Waals surface area contributed by atoms with Crippen LogP contribution in [0.2, 0.25) is 0 Å². The van der Waals surface area contributed by atoms with Crippen molar-refractivity contribution in [2.45, 2.75) is 6.54 Å². The summed E-state index contributed by atoms with van der Waals surface area (Å²) < 4.78 is 5.11. The molecule has 2 aromatic heterocycles. The minimum absolute atomic E-state index is 0.311. The van der Waals surface area contributed by atoms with Crippen LogP contribution >= 0.6 is 38.8 Å². The first-order valence-corrected chi connectivity index (χ1v) is 7.15. The Morgan fingerprint density at radius 3 is 3.00 bits per heavy atom. The highest BCUT2D eigenvalue weighted by Gasteiger charge is 2.15. The fourth-order valence-corrected chi connectivity index (χ4v) is 3.36. The molecule has 4 nitrogen and oxygen atoms in total. The molecule has 0 bridgehead atoms. The number of halogens is 1. The van der Waals surface area contributed by atoms with Crippen LogP contribution in [0.4, 0.5) is 10.8 Å². The lowest BCUT2D eigenvalue weighted by Crippen LogP contribution is -2.15. The first-order valence-electron chi connectivity index (χ1n) is 4.71. The predicted octanol–water partition coefficient (Wildman–Crippen LogP) is 3.06. The number of nitrogens with zero attached hydrogens (tertiary/aromatic N) is 3. The number of hydrogen-bond donors (Lipinski definition) is 1. The van der Waals surface area contributed by atoms with Gasteiger partial charge in [-0.2, -0.15) is 9.64 Å². The van der Waals surface area contributed by atoms with E-state index >= 15 is 0 Å². The van der Waals surface area contributed by atoms with Crippen molar-refractivity contribution in [1.82, 2.24) is 4.37 Å². The van der Waals surface area contributed by atoms with Crippen LogP contribution in [-0.2, 0) is 6.54 Å². The van der Waals surface area contributed by atoms with Gasteiger partial charge in [0, 0.05) is 13.6 Å². The third-order valence-electron chi connectivity index (χ3n) is 2.20. The van der Waals surface area contributed by atoms with Gasteiger partial charge in [0.15, 0.2) is 5.82 Å². The van der Waals surface area contributed by atoms with Gasteiger partial charge >= 0.3 is 0 Å². The maximum absolute atomic E-state index is 9.01. The van der Waals surface area contributed by atoms with Crippen LogP contribution in [0.5, 0.6) is 0 Å². The molecule has 0 aliphatic heterocycles. The molecule has 7 heteroatoms. The van der Waals surface area contributed by atoms with Gasteiger partial charge in [0.1, 0.15) is 16.6 Å². The van der Waals surface area contributed by atoms with Crippen LogP contribution in [0.15, 0.2) is 15.2 Å². The molecule has 88 valence electrons. The lowest BCUT2D eigenvalue weighted by Gasteiger charge is -2.15. The molecule has 0 aliphatic carbocycles. The minimum Gasteiger partial charge on any atom is -0.382 e. The maximum atomic E-state index is 9.01. The van der Waals surface area contributed by atoms with Gasteiger partial charge in [0.25, 0.3) is 0 Å². The number of hydrogen-bond acceptors (Lipinski definition) is 6. The fourth-order valence-electron chi connectivity index (χ4n) is 1.43. The summed E-state index contributed by atoms with van der Waals surface area (Å²) in [6.45, 7) is 0.735. The van der Waals surface area contributed by atoms with E-state index in [-0.39, 0.29) is 0 Å². The van der Waals surface area contributed by atoms with E-state index in [1.54, 1.807) is 11.3 Å². The van der Waals surface area contributed by atoms with Crippen molar-refractivity contribution in [3.8, 4) is 6.07 Å². The Kier molecular flexibility index (Phi) is 3.66. The quantitative estimate of drug-likeness (QED) is 0.940. The Morgan fingerprint density at radius 2 is 2.41 bits per heavy atom. The van der Waals surface area contributed by atoms with Crippen LogP contribution in [0.1, 0.15) is 11.1 Å². The monoisotopic (exact) mass is 328 g/mol. The highest BCUT2D eigenvalue weighted by Crippen LogP contribution is 2.30. The Bertz CT molecular complexity index is 569. The summed E-state index contributed by atoms with van der Waals surface area (Å²) in [5, 5.41) is 11.9. The van der Waals surface area contributed by atoms with E-state index in [0.717, 1.165) is 15.3 Å². The molecule has 0 unspecified atom stereocenters. The highest BCUT2D eigenvalue weighted by molar-refractivity contribution is 9.11. The van der Waals surface area contributed by atoms with Crippen molar-refractivity contribution < 1.29 is 0 Å². The van der Waals surface area contributed by atoms with Crippen molar-refractivity contribution in [3.05, 3.63) is 26.4 Å². The maximum Gasteiger partial charge on any atom is 0.157 e. The second-order valence-electron chi connectivity index (χ2n) is 3.47. The van der Waals surface area contributed by atoms with Crippen LogP contribution in [0.25, 0.3) is 0 Å². The third kappa shape index (κ3) is 2.60.